The van der Waals surface area contributed by atoms with Crippen molar-refractivity contribution in [2.45, 2.75) is 46.0 Å². The van der Waals surface area contributed by atoms with Crippen LogP contribution >= 0.6 is 24.0 Å². The van der Waals surface area contributed by atoms with Gasteiger partial charge in [-0.1, -0.05) is 6.07 Å². The van der Waals surface area contributed by atoms with E-state index in [2.05, 4.69) is 15.6 Å². The number of benzene rings is 1. The fourth-order valence-corrected chi connectivity index (χ4v) is 2.06. The lowest BCUT2D eigenvalue weighted by molar-refractivity contribution is -0.147. The summed E-state index contributed by atoms with van der Waals surface area (Å²) in [6.07, 6.45) is -4.80. The zero-order chi connectivity index (χ0) is 19.7. The molecule has 27 heavy (non-hydrogen) atoms. The molecule has 1 aromatic rings. The van der Waals surface area contributed by atoms with E-state index in [1.165, 1.54) is 0 Å². The van der Waals surface area contributed by atoms with Gasteiger partial charge in [0.1, 0.15) is 5.82 Å². The number of aliphatic imine (C=N–C) groups is 1. The third kappa shape index (κ3) is 9.78. The number of alkyl halides is 3. The molecule has 0 aliphatic heterocycles. The van der Waals surface area contributed by atoms with Gasteiger partial charge in [-0.2, -0.15) is 13.2 Å². The molecule has 0 saturated heterocycles. The maximum absolute atomic E-state index is 13.1. The largest absolute Gasteiger partial charge is 0.463 e. The molecule has 0 amide bonds. The maximum atomic E-state index is 13.1. The highest BCUT2D eigenvalue weighted by atomic mass is 127. The first-order valence-corrected chi connectivity index (χ1v) is 8.20. The second-order valence-electron chi connectivity index (χ2n) is 5.71. The van der Waals surface area contributed by atoms with Gasteiger partial charge in [-0.15, -0.1) is 24.0 Å². The van der Waals surface area contributed by atoms with Crippen molar-refractivity contribution in [2.24, 2.45) is 4.99 Å². The molecule has 154 valence electrons. The van der Waals surface area contributed by atoms with Gasteiger partial charge in [-0.3, -0.25) is 4.79 Å². The molecule has 1 aromatic carbocycles. The van der Waals surface area contributed by atoms with Crippen LogP contribution in [0.25, 0.3) is 0 Å². The summed E-state index contributed by atoms with van der Waals surface area (Å²) in [7, 11) is 0. The zero-order valence-electron chi connectivity index (χ0n) is 15.3. The highest BCUT2D eigenvalue weighted by Gasteiger charge is 2.33. The van der Waals surface area contributed by atoms with E-state index in [1.54, 1.807) is 20.8 Å². The van der Waals surface area contributed by atoms with Gasteiger partial charge in [0.25, 0.3) is 0 Å². The van der Waals surface area contributed by atoms with Crippen molar-refractivity contribution in [2.75, 3.05) is 13.1 Å². The molecule has 0 aromatic heterocycles. The molecule has 0 bridgehead atoms. The first kappa shape index (κ1) is 25.4. The molecule has 0 atom stereocenters. The molecule has 0 spiro atoms. The number of rotatable bonds is 7. The Morgan fingerprint density at radius 3 is 2.48 bits per heavy atom. The molecule has 0 heterocycles. The number of nitrogens with one attached hydrogen (secondary N) is 2. The number of hydrogen-bond acceptors (Lipinski definition) is 3. The third-order valence-electron chi connectivity index (χ3n) is 3.12. The van der Waals surface area contributed by atoms with Crippen molar-refractivity contribution in [1.82, 2.24) is 10.6 Å². The minimum atomic E-state index is -4.67. The summed E-state index contributed by atoms with van der Waals surface area (Å²) in [5.41, 5.74) is -1.20. The van der Waals surface area contributed by atoms with Crippen molar-refractivity contribution < 1.29 is 27.1 Å². The normalized spacial score (nSPS) is 11.8. The van der Waals surface area contributed by atoms with Crippen molar-refractivity contribution >= 4 is 35.9 Å². The van der Waals surface area contributed by atoms with Crippen LogP contribution in [0, 0.1) is 5.82 Å². The Labute approximate surface area is 173 Å². The van der Waals surface area contributed by atoms with Crippen LogP contribution in [0.15, 0.2) is 23.2 Å². The number of hydrogen-bond donors (Lipinski definition) is 2. The Bertz CT molecular complexity index is 637. The van der Waals surface area contributed by atoms with Crippen LogP contribution in [0.5, 0.6) is 0 Å². The lowest BCUT2D eigenvalue weighted by atomic mass is 10.1. The molecule has 0 radical (unpaired) electrons. The topological polar surface area (TPSA) is 62.7 Å². The van der Waals surface area contributed by atoms with Crippen LogP contribution in [0.2, 0.25) is 0 Å². The van der Waals surface area contributed by atoms with Gasteiger partial charge in [0.2, 0.25) is 0 Å². The van der Waals surface area contributed by atoms with Gasteiger partial charge < -0.3 is 15.4 Å². The van der Waals surface area contributed by atoms with E-state index in [0.717, 1.165) is 12.1 Å². The van der Waals surface area contributed by atoms with E-state index in [9.17, 15) is 22.4 Å². The summed E-state index contributed by atoms with van der Waals surface area (Å²) in [6.45, 7) is 5.67. The molecule has 1 rings (SSSR count). The minimum Gasteiger partial charge on any atom is -0.463 e. The van der Waals surface area contributed by atoms with E-state index in [4.69, 9.17) is 4.74 Å². The lowest BCUT2D eigenvalue weighted by Crippen LogP contribution is -2.38. The number of ether oxygens (including phenoxy) is 1. The Morgan fingerprint density at radius 1 is 1.26 bits per heavy atom. The van der Waals surface area contributed by atoms with Crippen LogP contribution in [0.4, 0.5) is 17.6 Å². The Morgan fingerprint density at radius 2 is 1.93 bits per heavy atom. The SMILES string of the molecule is CCNC(=NCc1ccc(F)cc1C(F)(F)F)NCCC(=O)OC(C)C.I. The van der Waals surface area contributed by atoms with Crippen molar-refractivity contribution in [3.8, 4) is 0 Å². The average Bonchev–Trinajstić information content (AvgIpc) is 2.51. The predicted molar refractivity (Wildman–Crippen MR) is 105 cm³/mol. The van der Waals surface area contributed by atoms with Gasteiger partial charge in [0.05, 0.1) is 24.6 Å². The van der Waals surface area contributed by atoms with Crippen LogP contribution in [0.3, 0.4) is 0 Å². The number of nitrogens with zero attached hydrogens (tertiary/aromatic N) is 1. The summed E-state index contributed by atoms with van der Waals surface area (Å²) in [6, 6.07) is 2.47. The van der Waals surface area contributed by atoms with Crippen molar-refractivity contribution in [1.29, 1.82) is 0 Å². The molecule has 0 aliphatic carbocycles. The molecule has 0 saturated carbocycles. The highest BCUT2D eigenvalue weighted by Crippen LogP contribution is 2.32. The molecule has 5 nitrogen and oxygen atoms in total. The van der Waals surface area contributed by atoms with Gasteiger partial charge >= 0.3 is 12.1 Å². The van der Waals surface area contributed by atoms with E-state index in [-0.39, 0.29) is 67.1 Å². The molecule has 0 aliphatic rings. The third-order valence-corrected chi connectivity index (χ3v) is 3.12. The summed E-state index contributed by atoms with van der Waals surface area (Å²) < 4.78 is 57.1. The van der Waals surface area contributed by atoms with Gasteiger partial charge in [0, 0.05) is 13.1 Å². The van der Waals surface area contributed by atoms with Crippen LogP contribution in [0.1, 0.15) is 38.3 Å². The average molecular weight is 505 g/mol. The summed E-state index contributed by atoms with van der Waals surface area (Å²) in [4.78, 5) is 15.5. The van der Waals surface area contributed by atoms with Gasteiger partial charge in [-0.05, 0) is 38.5 Å². The molecule has 0 fully saturated rings. The smallest absolute Gasteiger partial charge is 0.416 e. The number of halogens is 5. The van der Waals surface area contributed by atoms with E-state index in [0.29, 0.717) is 12.6 Å². The fourth-order valence-electron chi connectivity index (χ4n) is 2.06. The second-order valence-corrected chi connectivity index (χ2v) is 5.71. The molecular weight excluding hydrogens is 481 g/mol. The zero-order valence-corrected chi connectivity index (χ0v) is 17.7. The standard InChI is InChI=1S/C17H23F4N3O2.HI/c1-4-22-16(23-8-7-15(25)26-11(2)3)24-10-12-5-6-13(18)9-14(12)17(19,20)21;/h5-6,9,11H,4,7-8,10H2,1-3H3,(H2,22,23,24);1H. The second kappa shape index (κ2) is 12.0. The van der Waals surface area contributed by atoms with Crippen molar-refractivity contribution in [3.63, 3.8) is 0 Å². The Hall–Kier alpha value is -1.59. The van der Waals surface area contributed by atoms with Gasteiger partial charge in [-0.25, -0.2) is 9.38 Å². The van der Waals surface area contributed by atoms with Crippen LogP contribution < -0.4 is 10.6 Å². The Balaban J connectivity index is 0.00000676. The number of guanidine groups is 1. The summed E-state index contributed by atoms with van der Waals surface area (Å²) >= 11 is 0. The quantitative estimate of drug-likeness (QED) is 0.194. The highest BCUT2D eigenvalue weighted by molar-refractivity contribution is 14.0. The monoisotopic (exact) mass is 505 g/mol. The number of carbonyl (C=O) groups excluding carboxylic acids is 1. The Kier molecular flexibility index (Phi) is 11.3. The van der Waals surface area contributed by atoms with E-state index in [1.807, 2.05) is 0 Å². The molecule has 10 heteroatoms. The molecule has 2 N–H and O–H groups in total. The molecular formula is C17H24F4IN3O2. The summed E-state index contributed by atoms with van der Waals surface area (Å²) in [5, 5.41) is 5.72. The first-order chi connectivity index (χ1) is 12.1. The van der Waals surface area contributed by atoms with Crippen LogP contribution in [-0.4, -0.2) is 31.1 Å². The van der Waals surface area contributed by atoms with Gasteiger partial charge in [0.15, 0.2) is 5.96 Å². The molecule has 0 unspecified atom stereocenters. The van der Waals surface area contributed by atoms with E-state index < -0.39 is 17.6 Å². The first-order valence-electron chi connectivity index (χ1n) is 8.20. The minimum absolute atomic E-state index is 0. The predicted octanol–water partition coefficient (Wildman–Crippen LogP) is 3.86. The van der Waals surface area contributed by atoms with E-state index >= 15 is 0 Å². The lowest BCUT2D eigenvalue weighted by Gasteiger charge is -2.14. The fraction of sp³-hybridized carbons (Fsp3) is 0.529. The number of carbonyl (C=O) groups is 1. The van der Waals surface area contributed by atoms with Crippen LogP contribution in [-0.2, 0) is 22.3 Å². The maximum Gasteiger partial charge on any atom is 0.416 e. The number of esters is 1. The van der Waals surface area contributed by atoms with Crippen molar-refractivity contribution in [3.05, 3.63) is 35.1 Å². The summed E-state index contributed by atoms with van der Waals surface area (Å²) in [5.74, 6) is -1.10.